The normalized spacial score (nSPS) is 10.2. The molecule has 0 saturated heterocycles. The van der Waals surface area contributed by atoms with Crippen LogP contribution in [-0.4, -0.2) is 11.1 Å². The maximum atomic E-state index is 10.3. The number of carboxylic acids is 1. The van der Waals surface area contributed by atoms with E-state index in [9.17, 15) is 4.79 Å². The Labute approximate surface area is 182 Å². The van der Waals surface area contributed by atoms with Crippen LogP contribution in [0.3, 0.4) is 0 Å². The Balaban J connectivity index is 0. The molecule has 1 N–H and O–H groups in total. The summed E-state index contributed by atoms with van der Waals surface area (Å²) >= 11 is 0. The predicted octanol–water partition coefficient (Wildman–Crippen LogP) is 9.18. The van der Waals surface area contributed by atoms with Gasteiger partial charge in [-0.15, -0.1) is 0 Å². The van der Waals surface area contributed by atoms with E-state index in [0.717, 1.165) is 37.2 Å². The molecule has 0 amide bonds. The number of allylic oxidation sites excluding steroid dienone is 2. The fraction of sp³-hybridized carbons (Fsp3) is 0.808. The van der Waals surface area contributed by atoms with Gasteiger partial charge in [-0.2, -0.15) is 0 Å². The van der Waals surface area contributed by atoms with Gasteiger partial charge in [0.1, 0.15) is 0 Å². The van der Waals surface area contributed by atoms with Crippen LogP contribution in [0.1, 0.15) is 136 Å². The van der Waals surface area contributed by atoms with Crippen molar-refractivity contribution in [3.63, 3.8) is 0 Å². The Morgan fingerprint density at radius 3 is 1.21 bits per heavy atom. The Hall–Kier alpha value is -1.25. The highest BCUT2D eigenvalue weighted by Gasteiger charge is 1.97. The van der Waals surface area contributed by atoms with Crippen LogP contribution in [0, 0.1) is 0 Å². The quantitative estimate of drug-likeness (QED) is 0.161. The first-order chi connectivity index (χ1) is 14.0. The fourth-order valence-corrected chi connectivity index (χ4v) is 3.00. The maximum Gasteiger partial charge on any atom is 0.303 e. The molecule has 0 heterocycles. The molecule has 0 aromatic rings. The molecule has 0 bridgehead atoms. The number of rotatable bonds is 20. The first kappa shape index (κ1) is 29.9. The van der Waals surface area contributed by atoms with Crippen molar-refractivity contribution in [1.29, 1.82) is 0 Å². The number of aliphatic carboxylic acids is 1. The van der Waals surface area contributed by atoms with Crippen LogP contribution >= 0.6 is 0 Å². The number of hydrogen-bond donors (Lipinski definition) is 1. The minimum Gasteiger partial charge on any atom is -0.481 e. The highest BCUT2D eigenvalue weighted by Crippen LogP contribution is 2.13. The molecule has 0 saturated carbocycles. The van der Waals surface area contributed by atoms with Crippen LogP contribution in [-0.2, 0) is 9.53 Å². The van der Waals surface area contributed by atoms with Crippen molar-refractivity contribution in [2.45, 2.75) is 136 Å². The zero-order valence-electron chi connectivity index (χ0n) is 19.9. The zero-order valence-corrected chi connectivity index (χ0v) is 19.9. The lowest BCUT2D eigenvalue weighted by molar-refractivity contribution is -0.137. The van der Waals surface area contributed by atoms with Crippen molar-refractivity contribution < 1.29 is 14.6 Å². The van der Waals surface area contributed by atoms with Crippen molar-refractivity contribution in [3.8, 4) is 0 Å². The van der Waals surface area contributed by atoms with E-state index in [0.29, 0.717) is 6.42 Å². The van der Waals surface area contributed by atoms with E-state index in [4.69, 9.17) is 9.84 Å². The molecule has 0 radical (unpaired) electrons. The van der Waals surface area contributed by atoms with Gasteiger partial charge in [-0.3, -0.25) is 4.79 Å². The lowest BCUT2D eigenvalue weighted by Gasteiger charge is -2.05. The summed E-state index contributed by atoms with van der Waals surface area (Å²) in [5.41, 5.74) is 0. The highest BCUT2D eigenvalue weighted by molar-refractivity contribution is 5.66. The van der Waals surface area contributed by atoms with E-state index in [1.807, 2.05) is 13.8 Å². The van der Waals surface area contributed by atoms with Gasteiger partial charge in [-0.25, -0.2) is 0 Å². The molecule has 29 heavy (non-hydrogen) atoms. The van der Waals surface area contributed by atoms with Gasteiger partial charge in [-0.05, 0) is 6.42 Å². The minimum atomic E-state index is -0.653. The van der Waals surface area contributed by atoms with Gasteiger partial charge in [0, 0.05) is 19.3 Å². The molecule has 172 valence electrons. The molecule has 3 heteroatoms. The summed E-state index contributed by atoms with van der Waals surface area (Å²) < 4.78 is 5.16. The second-order valence-electron chi connectivity index (χ2n) is 7.98. The molecule has 3 nitrogen and oxygen atoms in total. The Kier molecular flexibility index (Phi) is 25.6. The molecule has 0 atom stereocenters. The first-order valence-corrected chi connectivity index (χ1v) is 12.2. The Bertz CT molecular complexity index is 373. The molecule has 0 aromatic heterocycles. The van der Waals surface area contributed by atoms with Gasteiger partial charge in [0.25, 0.3) is 0 Å². The third-order valence-corrected chi connectivity index (χ3v) is 5.07. The monoisotopic (exact) mass is 410 g/mol. The number of unbranched alkanes of at least 4 members (excludes halogenated alkanes) is 14. The van der Waals surface area contributed by atoms with Crippen molar-refractivity contribution in [2.75, 3.05) is 0 Å². The van der Waals surface area contributed by atoms with Crippen LogP contribution in [0.2, 0.25) is 0 Å². The van der Waals surface area contributed by atoms with E-state index < -0.39 is 5.97 Å². The second kappa shape index (κ2) is 24.8. The number of hydrogen-bond acceptors (Lipinski definition) is 2. The molecule has 0 aromatic carbocycles. The Morgan fingerprint density at radius 1 is 0.621 bits per heavy atom. The van der Waals surface area contributed by atoms with Crippen molar-refractivity contribution in [1.82, 2.24) is 0 Å². The van der Waals surface area contributed by atoms with Crippen LogP contribution in [0.5, 0.6) is 0 Å². The number of carbonyl (C=O) groups is 1. The van der Waals surface area contributed by atoms with Gasteiger partial charge >= 0.3 is 5.97 Å². The summed E-state index contributed by atoms with van der Waals surface area (Å²) in [6, 6.07) is 0. The summed E-state index contributed by atoms with van der Waals surface area (Å²) in [6.45, 7) is 13.6. The second-order valence-corrected chi connectivity index (χ2v) is 7.98. The standard InChI is InChI=1S/C18H36O2.C8H14O/c1-2-3-4-5-6-7-8-9-10-11-12-13-14-15-16-17-18(19)20;1-5-7(3)9-8(4)6-2/h2-17H2,1H3,(H,19,20);3-6H2,1-2H3. The van der Waals surface area contributed by atoms with Gasteiger partial charge in [0.15, 0.2) is 0 Å². The van der Waals surface area contributed by atoms with E-state index >= 15 is 0 Å². The summed E-state index contributed by atoms with van der Waals surface area (Å²) in [4.78, 5) is 10.3. The van der Waals surface area contributed by atoms with Gasteiger partial charge < -0.3 is 9.84 Å². The fourth-order valence-electron chi connectivity index (χ4n) is 3.00. The van der Waals surface area contributed by atoms with Crippen molar-refractivity contribution >= 4 is 5.97 Å². The number of ether oxygens (including phenoxy) is 1. The van der Waals surface area contributed by atoms with Crippen LogP contribution < -0.4 is 0 Å². The lowest BCUT2D eigenvalue weighted by atomic mass is 10.0. The van der Waals surface area contributed by atoms with Gasteiger partial charge in [0.2, 0.25) is 0 Å². The SMILES string of the molecule is C=C(CC)OC(=C)CC.CCCCCCCCCCCCCCCCCC(=O)O. The van der Waals surface area contributed by atoms with Crippen molar-refractivity contribution in [2.24, 2.45) is 0 Å². The largest absolute Gasteiger partial charge is 0.481 e. The number of carboxylic acid groups (broad SMARTS) is 1. The van der Waals surface area contributed by atoms with E-state index in [2.05, 4.69) is 20.1 Å². The predicted molar refractivity (Wildman–Crippen MR) is 127 cm³/mol. The minimum absolute atomic E-state index is 0.345. The Morgan fingerprint density at radius 2 is 0.931 bits per heavy atom. The van der Waals surface area contributed by atoms with Gasteiger partial charge in [-0.1, -0.05) is 124 Å². The highest BCUT2D eigenvalue weighted by atomic mass is 16.5. The van der Waals surface area contributed by atoms with Gasteiger partial charge in [0.05, 0.1) is 11.5 Å². The molecule has 0 aliphatic carbocycles. The summed E-state index contributed by atoms with van der Waals surface area (Å²) in [6.07, 6.45) is 21.9. The maximum absolute atomic E-state index is 10.3. The van der Waals surface area contributed by atoms with Crippen LogP contribution in [0.4, 0.5) is 0 Å². The molecule has 0 spiro atoms. The molecule has 0 aliphatic rings. The van der Waals surface area contributed by atoms with E-state index in [-0.39, 0.29) is 0 Å². The van der Waals surface area contributed by atoms with Crippen molar-refractivity contribution in [3.05, 3.63) is 24.7 Å². The van der Waals surface area contributed by atoms with Crippen LogP contribution in [0.25, 0.3) is 0 Å². The first-order valence-electron chi connectivity index (χ1n) is 12.2. The average molecular weight is 411 g/mol. The van der Waals surface area contributed by atoms with E-state index in [1.54, 1.807) is 0 Å². The summed E-state index contributed by atoms with van der Waals surface area (Å²) in [5.74, 6) is 0.934. The molecular formula is C26H50O3. The molecule has 0 unspecified atom stereocenters. The van der Waals surface area contributed by atoms with Crippen LogP contribution in [0.15, 0.2) is 24.7 Å². The lowest BCUT2D eigenvalue weighted by Crippen LogP contribution is -1.93. The third-order valence-electron chi connectivity index (χ3n) is 5.07. The van der Waals surface area contributed by atoms with E-state index in [1.165, 1.54) is 83.5 Å². The average Bonchev–Trinajstić information content (AvgIpc) is 2.70. The molecule has 0 aliphatic heterocycles. The summed E-state index contributed by atoms with van der Waals surface area (Å²) in [7, 11) is 0. The molecular weight excluding hydrogens is 360 g/mol. The third kappa shape index (κ3) is 29.1. The topological polar surface area (TPSA) is 46.5 Å². The summed E-state index contributed by atoms with van der Waals surface area (Å²) in [5, 5.41) is 8.52. The smallest absolute Gasteiger partial charge is 0.303 e. The molecule has 0 rings (SSSR count). The zero-order chi connectivity index (χ0) is 22.2. The molecule has 0 fully saturated rings.